The van der Waals surface area contributed by atoms with Gasteiger partial charge < -0.3 is 15.5 Å². The van der Waals surface area contributed by atoms with Crippen molar-refractivity contribution in [1.29, 1.82) is 0 Å². The van der Waals surface area contributed by atoms with E-state index in [0.717, 1.165) is 42.9 Å². The molecular weight excluding hydrogens is 480 g/mol. The number of aryl methyl sites for hydroxylation is 2. The fourth-order valence-electron chi connectivity index (χ4n) is 4.14. The predicted octanol–water partition coefficient (Wildman–Crippen LogP) is 3.12. The zero-order chi connectivity index (χ0) is 25.1. The maximum Gasteiger partial charge on any atom is 0.227 e. The number of carbonyl (C=O) groups is 1. The van der Waals surface area contributed by atoms with Crippen LogP contribution in [0.25, 0.3) is 5.82 Å². The number of aromatic amines is 1. The van der Waals surface area contributed by atoms with Crippen LogP contribution in [-0.4, -0.2) is 60.0 Å². The molecule has 0 aliphatic carbocycles. The second-order valence-electron chi connectivity index (χ2n) is 8.89. The number of amides is 1. The largest absolute Gasteiger partial charge is 0.353 e. The Bertz CT molecular complexity index is 1340. The lowest BCUT2D eigenvalue weighted by atomic mass is 10.0. The number of hydrogen-bond donors (Lipinski definition) is 3. The lowest BCUT2D eigenvalue weighted by molar-refractivity contribution is -0.121. The van der Waals surface area contributed by atoms with Crippen molar-refractivity contribution in [1.82, 2.24) is 40.2 Å². The third-order valence-electron chi connectivity index (χ3n) is 5.91. The van der Waals surface area contributed by atoms with E-state index in [1.807, 2.05) is 38.1 Å². The van der Waals surface area contributed by atoms with Gasteiger partial charge in [-0.1, -0.05) is 17.7 Å². The summed E-state index contributed by atoms with van der Waals surface area (Å²) >= 11 is 5.91. The van der Waals surface area contributed by atoms with Gasteiger partial charge in [0.2, 0.25) is 11.9 Å². The molecule has 0 aromatic carbocycles. The molecule has 186 valence electrons. The molecule has 5 rings (SSSR count). The number of piperidine rings is 1. The molecule has 0 saturated carbocycles. The van der Waals surface area contributed by atoms with Crippen LogP contribution in [0.5, 0.6) is 0 Å². The van der Waals surface area contributed by atoms with Crippen molar-refractivity contribution < 1.29 is 4.79 Å². The number of carbonyl (C=O) groups excluding carboxylic acids is 1. The molecule has 4 aromatic heterocycles. The van der Waals surface area contributed by atoms with Crippen LogP contribution in [-0.2, 0) is 11.2 Å². The molecule has 36 heavy (non-hydrogen) atoms. The molecule has 1 saturated heterocycles. The van der Waals surface area contributed by atoms with E-state index >= 15 is 0 Å². The number of rotatable bonds is 7. The number of nitrogens with one attached hydrogen (secondary N) is 3. The van der Waals surface area contributed by atoms with Gasteiger partial charge in [-0.05, 0) is 38.3 Å². The summed E-state index contributed by atoms with van der Waals surface area (Å²) in [4.78, 5) is 28.4. The first-order valence-electron chi connectivity index (χ1n) is 11.8. The molecule has 11 nitrogen and oxygen atoms in total. The minimum absolute atomic E-state index is 0.0160. The minimum Gasteiger partial charge on any atom is -0.353 e. The van der Waals surface area contributed by atoms with E-state index in [1.165, 1.54) is 0 Å². The molecule has 0 bridgehead atoms. The molecule has 5 heterocycles. The van der Waals surface area contributed by atoms with Crippen molar-refractivity contribution in [2.45, 2.75) is 39.2 Å². The van der Waals surface area contributed by atoms with Crippen molar-refractivity contribution in [3.63, 3.8) is 0 Å². The molecule has 0 unspecified atom stereocenters. The molecule has 1 aliphatic heterocycles. The molecule has 3 N–H and O–H groups in total. The lowest BCUT2D eigenvalue weighted by Crippen LogP contribution is -2.45. The van der Waals surface area contributed by atoms with Crippen LogP contribution in [0.1, 0.15) is 29.8 Å². The quantitative estimate of drug-likeness (QED) is 0.348. The Morgan fingerprint density at radius 3 is 2.64 bits per heavy atom. The molecule has 0 spiro atoms. The van der Waals surface area contributed by atoms with Crippen LogP contribution < -0.4 is 15.5 Å². The van der Waals surface area contributed by atoms with Gasteiger partial charge >= 0.3 is 0 Å². The first-order valence-corrected chi connectivity index (χ1v) is 12.1. The van der Waals surface area contributed by atoms with Crippen LogP contribution in [0.2, 0.25) is 5.02 Å². The Morgan fingerprint density at radius 2 is 1.97 bits per heavy atom. The number of hydrogen-bond acceptors (Lipinski definition) is 8. The van der Waals surface area contributed by atoms with Gasteiger partial charge in [-0.2, -0.15) is 15.2 Å². The summed E-state index contributed by atoms with van der Waals surface area (Å²) in [6.45, 7) is 5.42. The summed E-state index contributed by atoms with van der Waals surface area (Å²) in [6.07, 6.45) is 6.85. The normalized spacial score (nSPS) is 14.1. The monoisotopic (exact) mass is 506 g/mol. The van der Waals surface area contributed by atoms with Gasteiger partial charge in [0.15, 0.2) is 11.6 Å². The minimum atomic E-state index is -0.0160. The van der Waals surface area contributed by atoms with E-state index in [2.05, 4.69) is 45.8 Å². The van der Waals surface area contributed by atoms with Gasteiger partial charge in [-0.25, -0.2) is 14.6 Å². The Kier molecular flexibility index (Phi) is 6.81. The van der Waals surface area contributed by atoms with Crippen LogP contribution in [0.15, 0.2) is 42.9 Å². The molecule has 12 heteroatoms. The zero-order valence-electron chi connectivity index (χ0n) is 20.1. The summed E-state index contributed by atoms with van der Waals surface area (Å²) in [7, 11) is 0. The summed E-state index contributed by atoms with van der Waals surface area (Å²) < 4.78 is 1.59. The van der Waals surface area contributed by atoms with E-state index in [-0.39, 0.29) is 18.4 Å². The Balaban J connectivity index is 1.13. The highest BCUT2D eigenvalue weighted by molar-refractivity contribution is 6.30. The molecule has 1 aliphatic rings. The smallest absolute Gasteiger partial charge is 0.227 e. The van der Waals surface area contributed by atoms with Gasteiger partial charge in [-0.3, -0.25) is 9.89 Å². The van der Waals surface area contributed by atoms with Crippen molar-refractivity contribution in [3.05, 3.63) is 64.8 Å². The number of anilines is 3. The van der Waals surface area contributed by atoms with E-state index in [4.69, 9.17) is 11.6 Å². The zero-order valence-corrected chi connectivity index (χ0v) is 20.8. The van der Waals surface area contributed by atoms with Gasteiger partial charge in [0.05, 0.1) is 23.8 Å². The molecule has 0 atom stereocenters. The first-order chi connectivity index (χ1) is 17.4. The number of halogens is 1. The topological polar surface area (TPSA) is 130 Å². The first kappa shape index (κ1) is 23.7. The fourth-order valence-corrected chi connectivity index (χ4v) is 4.28. The molecule has 1 amide bonds. The Morgan fingerprint density at radius 1 is 1.14 bits per heavy atom. The van der Waals surface area contributed by atoms with Gasteiger partial charge in [0, 0.05) is 48.8 Å². The predicted molar refractivity (Wildman–Crippen MR) is 137 cm³/mol. The van der Waals surface area contributed by atoms with Gasteiger partial charge in [0.25, 0.3) is 0 Å². The van der Waals surface area contributed by atoms with Gasteiger partial charge in [0.1, 0.15) is 5.82 Å². The summed E-state index contributed by atoms with van der Waals surface area (Å²) in [5.41, 5.74) is 2.69. The van der Waals surface area contributed by atoms with E-state index in [0.29, 0.717) is 28.4 Å². The van der Waals surface area contributed by atoms with Crippen molar-refractivity contribution in [2.24, 2.45) is 0 Å². The van der Waals surface area contributed by atoms with Gasteiger partial charge in [-0.15, -0.1) is 0 Å². The van der Waals surface area contributed by atoms with E-state index < -0.39 is 0 Å². The third kappa shape index (κ3) is 5.80. The van der Waals surface area contributed by atoms with E-state index in [9.17, 15) is 4.79 Å². The van der Waals surface area contributed by atoms with Crippen molar-refractivity contribution in [3.8, 4) is 5.82 Å². The fraction of sp³-hybridized carbons (Fsp3) is 0.333. The number of H-pyrrole nitrogens is 1. The van der Waals surface area contributed by atoms with Crippen LogP contribution >= 0.6 is 11.6 Å². The molecule has 1 fully saturated rings. The number of pyridine rings is 1. The number of aromatic nitrogens is 7. The summed E-state index contributed by atoms with van der Waals surface area (Å²) in [5.74, 6) is 2.73. The maximum absolute atomic E-state index is 12.6. The van der Waals surface area contributed by atoms with Crippen LogP contribution in [0.3, 0.4) is 0 Å². The highest BCUT2D eigenvalue weighted by Crippen LogP contribution is 2.21. The third-order valence-corrected chi connectivity index (χ3v) is 6.10. The standard InChI is InChI=1S/C24H27ClN10O/c1-15-9-20(30-21-10-16(2)32-33-21)31-24(28-15)34-7-5-19(6-8-34)29-23(36)11-17-3-4-22(26-12-17)35-14-18(25)13-27-35/h3-4,9-10,12-14,19H,5-8,11H2,1-2H3,(H,29,36)(H2,28,30,31,32,33). The highest BCUT2D eigenvalue weighted by atomic mass is 35.5. The highest BCUT2D eigenvalue weighted by Gasteiger charge is 2.23. The second kappa shape index (κ2) is 10.3. The Hall–Kier alpha value is -3.99. The maximum atomic E-state index is 12.6. The van der Waals surface area contributed by atoms with Crippen molar-refractivity contribution >= 4 is 35.1 Å². The summed E-state index contributed by atoms with van der Waals surface area (Å²) in [6, 6.07) is 7.63. The second-order valence-corrected chi connectivity index (χ2v) is 9.33. The average Bonchev–Trinajstić information content (AvgIpc) is 3.47. The van der Waals surface area contributed by atoms with E-state index in [1.54, 1.807) is 23.3 Å². The van der Waals surface area contributed by atoms with Crippen LogP contribution in [0, 0.1) is 13.8 Å². The van der Waals surface area contributed by atoms with Crippen LogP contribution in [0.4, 0.5) is 17.6 Å². The van der Waals surface area contributed by atoms with Crippen molar-refractivity contribution in [2.75, 3.05) is 23.3 Å². The molecular formula is C24H27ClN10O. The molecule has 4 aromatic rings. The average molecular weight is 507 g/mol. The number of nitrogens with zero attached hydrogens (tertiary/aromatic N) is 7. The SMILES string of the molecule is Cc1cc(Nc2cc(C)[nH]n2)nc(N2CCC(NC(=O)Cc3ccc(-n4cc(Cl)cn4)nc3)CC2)n1. The lowest BCUT2D eigenvalue weighted by Gasteiger charge is -2.32. The summed E-state index contributed by atoms with van der Waals surface area (Å²) in [5, 5.41) is 18.2. The molecule has 0 radical (unpaired) electrons. The Labute approximate surface area is 213 Å².